The molecule has 0 N–H and O–H groups in total. The van der Waals surface area contributed by atoms with Gasteiger partial charge in [-0.05, 0) is 17.7 Å². The van der Waals surface area contributed by atoms with Gasteiger partial charge < -0.3 is 0 Å². The Morgan fingerprint density at radius 2 is 1.67 bits per heavy atom. The monoisotopic (exact) mass is 299 g/mol. The maximum Gasteiger partial charge on any atom is 0.416 e. The second-order valence-electron chi connectivity index (χ2n) is 4.40. The van der Waals surface area contributed by atoms with Gasteiger partial charge in [0.15, 0.2) is 0 Å². The highest BCUT2D eigenvalue weighted by atomic mass is 19.4. The zero-order valence-electron chi connectivity index (χ0n) is 10.9. The number of imide groups is 1. The van der Waals surface area contributed by atoms with Crippen LogP contribution in [0, 0.1) is 0 Å². The van der Waals surface area contributed by atoms with Crippen molar-refractivity contribution in [2.75, 3.05) is 6.61 Å². The number of hydrogen-bond donors (Lipinski definition) is 0. The predicted octanol–water partition coefficient (Wildman–Crippen LogP) is 2.80. The highest BCUT2D eigenvalue weighted by molar-refractivity contribution is 6.00. The molecule has 4 nitrogen and oxygen atoms in total. The summed E-state index contributed by atoms with van der Waals surface area (Å²) in [5, 5.41) is 0.719. The number of amides is 2. The molecule has 0 aromatic heterocycles. The minimum atomic E-state index is -4.36. The third kappa shape index (κ3) is 3.91. The molecule has 0 saturated carbocycles. The lowest BCUT2D eigenvalue weighted by Gasteiger charge is -2.11. The number of hydrogen-bond acceptors (Lipinski definition) is 3. The standard InChI is InChI=1S/C14H12F3NO3/c15-14(16,17)11-5-3-10(4-6-11)2-1-9-21-18-12(19)7-8-13(18)20/h1-6H,7-9H2/b2-1+. The van der Waals surface area contributed by atoms with Gasteiger partial charge in [0.1, 0.15) is 0 Å². The molecule has 1 saturated heterocycles. The maximum atomic E-state index is 12.4. The molecule has 21 heavy (non-hydrogen) atoms. The first kappa shape index (κ1) is 15.2. The minimum Gasteiger partial charge on any atom is -0.272 e. The van der Waals surface area contributed by atoms with Gasteiger partial charge in [0.2, 0.25) is 0 Å². The van der Waals surface area contributed by atoms with Crippen LogP contribution in [0.4, 0.5) is 13.2 Å². The molecule has 0 radical (unpaired) electrons. The van der Waals surface area contributed by atoms with Crippen molar-refractivity contribution >= 4 is 17.9 Å². The average Bonchev–Trinajstić information content (AvgIpc) is 2.74. The van der Waals surface area contributed by atoms with Gasteiger partial charge in [-0.3, -0.25) is 14.4 Å². The Labute approximate surface area is 118 Å². The van der Waals surface area contributed by atoms with Gasteiger partial charge in [0.05, 0.1) is 12.2 Å². The summed E-state index contributed by atoms with van der Waals surface area (Å²) >= 11 is 0. The van der Waals surface area contributed by atoms with E-state index < -0.39 is 11.7 Å². The number of hydroxylamine groups is 2. The Hall–Kier alpha value is -2.15. The Kier molecular flexibility index (Phi) is 4.42. The Bertz CT molecular complexity index is 548. The number of carbonyl (C=O) groups is 2. The summed E-state index contributed by atoms with van der Waals surface area (Å²) in [4.78, 5) is 27.5. The fourth-order valence-corrected chi connectivity index (χ4v) is 1.79. The lowest BCUT2D eigenvalue weighted by molar-refractivity contribution is -0.184. The third-order valence-electron chi connectivity index (χ3n) is 2.85. The van der Waals surface area contributed by atoms with Crippen LogP contribution >= 0.6 is 0 Å². The molecule has 0 aliphatic carbocycles. The normalized spacial score (nSPS) is 16.2. The summed E-state index contributed by atoms with van der Waals surface area (Å²) in [5.74, 6) is -0.772. The van der Waals surface area contributed by atoms with Gasteiger partial charge in [0.25, 0.3) is 11.8 Å². The summed E-state index contributed by atoms with van der Waals surface area (Å²) in [6.45, 7) is -0.0154. The van der Waals surface area contributed by atoms with Gasteiger partial charge in [0, 0.05) is 12.8 Å². The van der Waals surface area contributed by atoms with Crippen LogP contribution in [-0.2, 0) is 20.6 Å². The maximum absolute atomic E-state index is 12.4. The Balaban J connectivity index is 1.87. The molecule has 1 aromatic carbocycles. The second-order valence-corrected chi connectivity index (χ2v) is 4.40. The SMILES string of the molecule is O=C1CCC(=O)N1OC/C=C/c1ccc(C(F)(F)F)cc1. The van der Waals surface area contributed by atoms with Crippen LogP contribution in [-0.4, -0.2) is 23.5 Å². The largest absolute Gasteiger partial charge is 0.416 e. The molecule has 0 spiro atoms. The van der Waals surface area contributed by atoms with Gasteiger partial charge in [-0.1, -0.05) is 24.3 Å². The van der Waals surface area contributed by atoms with Crippen LogP contribution in [0.15, 0.2) is 30.3 Å². The number of benzene rings is 1. The predicted molar refractivity (Wildman–Crippen MR) is 67.5 cm³/mol. The fraction of sp³-hybridized carbons (Fsp3) is 0.286. The number of halogens is 3. The minimum absolute atomic E-state index is 0.0154. The van der Waals surface area contributed by atoms with Crippen LogP contribution < -0.4 is 0 Å². The van der Waals surface area contributed by atoms with E-state index in [9.17, 15) is 22.8 Å². The molecule has 0 unspecified atom stereocenters. The topological polar surface area (TPSA) is 46.6 Å². The molecule has 2 rings (SSSR count). The molecule has 1 heterocycles. The Morgan fingerprint density at radius 1 is 1.10 bits per heavy atom. The number of nitrogens with zero attached hydrogens (tertiary/aromatic N) is 1. The first-order valence-electron chi connectivity index (χ1n) is 6.20. The lowest BCUT2D eigenvalue weighted by Crippen LogP contribution is -2.29. The van der Waals surface area contributed by atoms with Gasteiger partial charge in [-0.15, -0.1) is 0 Å². The average molecular weight is 299 g/mol. The number of carbonyl (C=O) groups excluding carboxylic acids is 2. The van der Waals surface area contributed by atoms with E-state index in [4.69, 9.17) is 4.84 Å². The van der Waals surface area contributed by atoms with E-state index in [0.717, 1.165) is 17.2 Å². The molecule has 0 atom stereocenters. The van der Waals surface area contributed by atoms with Crippen LogP contribution in [0.2, 0.25) is 0 Å². The smallest absolute Gasteiger partial charge is 0.272 e. The summed E-state index contributed by atoms with van der Waals surface area (Å²) < 4.78 is 37.1. The van der Waals surface area contributed by atoms with Crippen LogP contribution in [0.1, 0.15) is 24.0 Å². The molecule has 1 aromatic rings. The van der Waals surface area contributed by atoms with E-state index in [-0.39, 0.29) is 31.3 Å². The summed E-state index contributed by atoms with van der Waals surface area (Å²) in [6, 6.07) is 4.61. The van der Waals surface area contributed by atoms with Gasteiger partial charge >= 0.3 is 6.18 Å². The van der Waals surface area contributed by atoms with E-state index in [1.165, 1.54) is 18.2 Å². The molecule has 1 aliphatic heterocycles. The molecule has 112 valence electrons. The highest BCUT2D eigenvalue weighted by Gasteiger charge is 2.30. The molecule has 1 aliphatic rings. The van der Waals surface area contributed by atoms with E-state index in [0.29, 0.717) is 5.56 Å². The zero-order chi connectivity index (χ0) is 15.5. The van der Waals surface area contributed by atoms with E-state index in [1.54, 1.807) is 6.08 Å². The number of rotatable bonds is 4. The first-order chi connectivity index (χ1) is 9.88. The highest BCUT2D eigenvalue weighted by Crippen LogP contribution is 2.29. The van der Waals surface area contributed by atoms with Crippen molar-refractivity contribution in [2.45, 2.75) is 19.0 Å². The van der Waals surface area contributed by atoms with Crippen molar-refractivity contribution in [1.29, 1.82) is 0 Å². The van der Waals surface area contributed by atoms with Crippen molar-refractivity contribution in [3.05, 3.63) is 41.5 Å². The fourth-order valence-electron chi connectivity index (χ4n) is 1.79. The van der Waals surface area contributed by atoms with Crippen molar-refractivity contribution < 1.29 is 27.6 Å². The lowest BCUT2D eigenvalue weighted by atomic mass is 10.1. The van der Waals surface area contributed by atoms with E-state index in [2.05, 4.69) is 0 Å². The Morgan fingerprint density at radius 3 is 2.19 bits per heavy atom. The first-order valence-corrected chi connectivity index (χ1v) is 6.20. The van der Waals surface area contributed by atoms with Crippen molar-refractivity contribution in [3.8, 4) is 0 Å². The van der Waals surface area contributed by atoms with E-state index >= 15 is 0 Å². The van der Waals surface area contributed by atoms with Crippen molar-refractivity contribution in [2.24, 2.45) is 0 Å². The second kappa shape index (κ2) is 6.09. The van der Waals surface area contributed by atoms with Crippen molar-refractivity contribution in [1.82, 2.24) is 5.06 Å². The summed E-state index contributed by atoms with van der Waals surface area (Å²) in [5.41, 5.74) is -0.158. The van der Waals surface area contributed by atoms with Crippen LogP contribution in [0.5, 0.6) is 0 Å². The molecular weight excluding hydrogens is 287 g/mol. The summed E-state index contributed by atoms with van der Waals surface area (Å²) in [6.07, 6.45) is -1.02. The van der Waals surface area contributed by atoms with E-state index in [1.807, 2.05) is 0 Å². The molecule has 1 fully saturated rings. The van der Waals surface area contributed by atoms with Gasteiger partial charge in [-0.2, -0.15) is 18.2 Å². The quantitative estimate of drug-likeness (QED) is 0.803. The molecule has 2 amide bonds. The van der Waals surface area contributed by atoms with Crippen LogP contribution in [0.25, 0.3) is 6.08 Å². The number of alkyl halides is 3. The molecule has 7 heteroatoms. The summed E-state index contributed by atoms with van der Waals surface area (Å²) in [7, 11) is 0. The van der Waals surface area contributed by atoms with Crippen molar-refractivity contribution in [3.63, 3.8) is 0 Å². The van der Waals surface area contributed by atoms with Gasteiger partial charge in [-0.25, -0.2) is 0 Å². The third-order valence-corrected chi connectivity index (χ3v) is 2.85. The molecular formula is C14H12F3NO3. The van der Waals surface area contributed by atoms with Crippen LogP contribution in [0.3, 0.4) is 0 Å². The zero-order valence-corrected chi connectivity index (χ0v) is 10.9. The molecule has 0 bridgehead atoms.